The van der Waals surface area contributed by atoms with Crippen molar-refractivity contribution >= 4 is 15.7 Å². The lowest BCUT2D eigenvalue weighted by molar-refractivity contribution is 0.204. The van der Waals surface area contributed by atoms with E-state index in [-0.39, 0.29) is 11.8 Å². The summed E-state index contributed by atoms with van der Waals surface area (Å²) in [4.78, 5) is 2.54. The third-order valence-electron chi connectivity index (χ3n) is 6.17. The second-order valence-electron chi connectivity index (χ2n) is 8.42. The number of phenols is 1. The van der Waals surface area contributed by atoms with E-state index in [1.165, 1.54) is 7.11 Å². The molecule has 0 unspecified atom stereocenters. The van der Waals surface area contributed by atoms with E-state index in [0.717, 1.165) is 24.2 Å². The first kappa shape index (κ1) is 23.1. The number of phenolic OH excluding ortho intramolecular Hbond substituents is 1. The molecule has 0 bridgehead atoms. The number of aromatic hydroxyl groups is 1. The lowest BCUT2D eigenvalue weighted by atomic mass is 10.0. The molecule has 1 aliphatic heterocycles. The normalized spacial score (nSPS) is 15.3. The number of aryl methyl sites for hydroxylation is 1. The molecule has 4 rings (SSSR count). The van der Waals surface area contributed by atoms with E-state index in [9.17, 15) is 13.5 Å². The van der Waals surface area contributed by atoms with E-state index < -0.39 is 10.0 Å². The molecule has 1 saturated heterocycles. The summed E-state index contributed by atoms with van der Waals surface area (Å²) in [5.74, 6) is 0.622. The Hall–Kier alpha value is -3.03. The molecule has 0 aliphatic carbocycles. The van der Waals surface area contributed by atoms with Crippen molar-refractivity contribution in [1.82, 2.24) is 4.90 Å². The monoisotopic (exact) mass is 466 g/mol. The standard InChI is InChI=1S/C26H30N2O4S/c1-20-11-13-22(14-12-20)28(33(30,31)24-8-4-3-5-9-24)23-15-17-27(18-16-23)19-21-7-6-10-25(32-2)26(21)29/h3-14,23,29H,15-19H2,1-2H3. The van der Waals surface area contributed by atoms with Crippen LogP contribution in [0.5, 0.6) is 11.5 Å². The van der Waals surface area contributed by atoms with Crippen LogP contribution in [0.4, 0.5) is 5.69 Å². The maximum Gasteiger partial charge on any atom is 0.264 e. The van der Waals surface area contributed by atoms with E-state index >= 15 is 0 Å². The first-order chi connectivity index (χ1) is 15.9. The van der Waals surface area contributed by atoms with Gasteiger partial charge >= 0.3 is 0 Å². The molecule has 1 N–H and O–H groups in total. The van der Waals surface area contributed by atoms with Crippen LogP contribution in [0.15, 0.2) is 77.7 Å². The number of hydrogen-bond acceptors (Lipinski definition) is 5. The van der Waals surface area contributed by atoms with Crippen molar-refractivity contribution in [3.05, 3.63) is 83.9 Å². The zero-order valence-electron chi connectivity index (χ0n) is 19.0. The van der Waals surface area contributed by atoms with Gasteiger partial charge in [-0.1, -0.05) is 48.0 Å². The van der Waals surface area contributed by atoms with Crippen molar-refractivity contribution in [3.63, 3.8) is 0 Å². The molecule has 1 heterocycles. The summed E-state index contributed by atoms with van der Waals surface area (Å²) in [7, 11) is -2.16. The van der Waals surface area contributed by atoms with Gasteiger partial charge in [0, 0.05) is 31.2 Å². The Bertz CT molecular complexity index is 1170. The Morgan fingerprint density at radius 2 is 1.64 bits per heavy atom. The van der Waals surface area contributed by atoms with Gasteiger partial charge in [0.2, 0.25) is 0 Å². The van der Waals surface area contributed by atoms with Crippen LogP contribution in [0.25, 0.3) is 0 Å². The van der Waals surface area contributed by atoms with Gasteiger partial charge in [-0.05, 0) is 50.1 Å². The zero-order valence-corrected chi connectivity index (χ0v) is 19.8. The molecule has 0 radical (unpaired) electrons. The molecule has 33 heavy (non-hydrogen) atoms. The maximum absolute atomic E-state index is 13.7. The van der Waals surface area contributed by atoms with Crippen LogP contribution >= 0.6 is 0 Å². The zero-order chi connectivity index (χ0) is 23.4. The van der Waals surface area contributed by atoms with E-state index in [2.05, 4.69) is 4.90 Å². The van der Waals surface area contributed by atoms with Gasteiger partial charge in [0.1, 0.15) is 0 Å². The highest BCUT2D eigenvalue weighted by Gasteiger charge is 2.34. The van der Waals surface area contributed by atoms with Gasteiger partial charge in [0.05, 0.1) is 17.7 Å². The van der Waals surface area contributed by atoms with Crippen LogP contribution in [0.3, 0.4) is 0 Å². The van der Waals surface area contributed by atoms with Crippen molar-refractivity contribution in [2.45, 2.75) is 37.2 Å². The van der Waals surface area contributed by atoms with Crippen molar-refractivity contribution in [1.29, 1.82) is 0 Å². The fourth-order valence-electron chi connectivity index (χ4n) is 4.36. The topological polar surface area (TPSA) is 70.1 Å². The van der Waals surface area contributed by atoms with Gasteiger partial charge in [0.15, 0.2) is 11.5 Å². The summed E-state index contributed by atoms with van der Waals surface area (Å²) in [5, 5.41) is 10.4. The Balaban J connectivity index is 1.55. The molecule has 1 fully saturated rings. The quantitative estimate of drug-likeness (QED) is 0.552. The number of piperidine rings is 1. The average Bonchev–Trinajstić information content (AvgIpc) is 2.83. The molecule has 174 valence electrons. The number of sulfonamides is 1. The van der Waals surface area contributed by atoms with Gasteiger partial charge in [-0.15, -0.1) is 0 Å². The van der Waals surface area contributed by atoms with Gasteiger partial charge < -0.3 is 9.84 Å². The summed E-state index contributed by atoms with van der Waals surface area (Å²) in [6.07, 6.45) is 1.40. The molecule has 3 aromatic carbocycles. The summed E-state index contributed by atoms with van der Waals surface area (Å²) < 4.78 is 34.2. The minimum absolute atomic E-state index is 0.145. The largest absolute Gasteiger partial charge is 0.504 e. The Kier molecular flexibility index (Phi) is 6.91. The average molecular weight is 467 g/mol. The SMILES string of the molecule is COc1cccc(CN2CCC(N(c3ccc(C)cc3)S(=O)(=O)c3ccccc3)CC2)c1O. The predicted molar refractivity (Wildman–Crippen MR) is 130 cm³/mol. The van der Waals surface area contributed by atoms with Gasteiger partial charge in [-0.2, -0.15) is 0 Å². The maximum atomic E-state index is 13.7. The van der Waals surface area contributed by atoms with Crippen LogP contribution in [-0.4, -0.2) is 44.7 Å². The molecule has 0 aromatic heterocycles. The number of rotatable bonds is 7. The van der Waals surface area contributed by atoms with E-state index in [1.807, 2.05) is 49.4 Å². The number of methoxy groups -OCH3 is 1. The Labute approximate surface area is 196 Å². The predicted octanol–water partition coefficient (Wildman–Crippen LogP) is 4.57. The van der Waals surface area contributed by atoms with Crippen molar-refractivity contribution in [2.24, 2.45) is 0 Å². The smallest absolute Gasteiger partial charge is 0.264 e. The summed E-state index contributed by atoms with van der Waals surface area (Å²) >= 11 is 0. The first-order valence-electron chi connectivity index (χ1n) is 11.1. The highest BCUT2D eigenvalue weighted by atomic mass is 32.2. The summed E-state index contributed by atoms with van der Waals surface area (Å²) in [6.45, 7) is 4.04. The molecule has 0 spiro atoms. The van der Waals surface area contributed by atoms with Crippen LogP contribution in [0.1, 0.15) is 24.0 Å². The number of likely N-dealkylation sites (tertiary alicyclic amines) is 1. The molecule has 3 aromatic rings. The molecular weight excluding hydrogens is 436 g/mol. The summed E-state index contributed by atoms with van der Waals surface area (Å²) in [6, 6.07) is 21.6. The van der Waals surface area contributed by atoms with Crippen LogP contribution < -0.4 is 9.04 Å². The number of ether oxygens (including phenoxy) is 1. The van der Waals surface area contributed by atoms with E-state index in [4.69, 9.17) is 4.74 Å². The number of anilines is 1. The van der Waals surface area contributed by atoms with Gasteiger partial charge in [-0.3, -0.25) is 9.21 Å². The lowest BCUT2D eigenvalue weighted by Gasteiger charge is -2.39. The number of nitrogens with zero attached hydrogens (tertiary/aromatic N) is 2. The minimum Gasteiger partial charge on any atom is -0.504 e. The first-order valence-corrected chi connectivity index (χ1v) is 12.6. The minimum atomic E-state index is -3.70. The van der Waals surface area contributed by atoms with E-state index in [1.54, 1.807) is 34.6 Å². The Morgan fingerprint density at radius 3 is 2.27 bits per heavy atom. The van der Waals surface area contributed by atoms with Crippen LogP contribution in [0, 0.1) is 6.92 Å². The molecule has 0 saturated carbocycles. The highest BCUT2D eigenvalue weighted by molar-refractivity contribution is 7.92. The second kappa shape index (κ2) is 9.85. The summed E-state index contributed by atoms with van der Waals surface area (Å²) in [5.41, 5.74) is 2.58. The third-order valence-corrected chi connectivity index (χ3v) is 8.07. The molecule has 7 heteroatoms. The fourth-order valence-corrected chi connectivity index (χ4v) is 6.09. The molecule has 0 atom stereocenters. The Morgan fingerprint density at radius 1 is 0.970 bits per heavy atom. The molecule has 0 amide bonds. The second-order valence-corrected chi connectivity index (χ2v) is 10.2. The lowest BCUT2D eigenvalue weighted by Crippen LogP contribution is -2.47. The number of para-hydroxylation sites is 1. The van der Waals surface area contributed by atoms with Crippen molar-refractivity contribution in [3.8, 4) is 11.5 Å². The number of hydrogen-bond donors (Lipinski definition) is 1. The van der Waals surface area contributed by atoms with E-state index in [0.29, 0.717) is 35.7 Å². The fraction of sp³-hybridized carbons (Fsp3) is 0.308. The van der Waals surface area contributed by atoms with Gasteiger partial charge in [-0.25, -0.2) is 8.42 Å². The van der Waals surface area contributed by atoms with Gasteiger partial charge in [0.25, 0.3) is 10.0 Å². The molecular formula is C26H30N2O4S. The van der Waals surface area contributed by atoms with Crippen molar-refractivity contribution in [2.75, 3.05) is 24.5 Å². The third kappa shape index (κ3) is 4.99. The number of benzene rings is 3. The van der Waals surface area contributed by atoms with Crippen molar-refractivity contribution < 1.29 is 18.3 Å². The highest BCUT2D eigenvalue weighted by Crippen LogP contribution is 2.33. The van der Waals surface area contributed by atoms with Crippen LogP contribution in [0.2, 0.25) is 0 Å². The molecule has 6 nitrogen and oxygen atoms in total. The van der Waals surface area contributed by atoms with Crippen LogP contribution in [-0.2, 0) is 16.6 Å². The molecule has 1 aliphatic rings.